The molecule has 1 aromatic carbocycles. The quantitative estimate of drug-likeness (QED) is 0.783. The number of aliphatic hydroxyl groups is 1. The summed E-state index contributed by atoms with van der Waals surface area (Å²) < 4.78 is 10.8. The Morgan fingerprint density at radius 3 is 2.79 bits per heavy atom. The molecule has 0 radical (unpaired) electrons. The van der Waals surface area contributed by atoms with Gasteiger partial charge in [-0.15, -0.1) is 0 Å². The average Bonchev–Trinajstić information content (AvgIpc) is 3.10. The number of carbonyl (C=O) groups excluding carboxylic acids is 1. The third kappa shape index (κ3) is 4.19. The number of likely N-dealkylation sites (N-methyl/N-ethyl adjacent to an activating group) is 1. The SMILES string of the molecule is CCN(CCO)CC(=O)N1CCCC1c1cc(OC)ccc1OC. The van der Waals surface area contributed by atoms with E-state index in [9.17, 15) is 4.79 Å². The predicted octanol–water partition coefficient (Wildman–Crippen LogP) is 1.68. The molecular weight excluding hydrogens is 308 g/mol. The Bertz CT molecular complexity index is 550. The van der Waals surface area contributed by atoms with E-state index < -0.39 is 0 Å². The number of likely N-dealkylation sites (tertiary alicyclic amines) is 1. The van der Waals surface area contributed by atoms with Gasteiger partial charge < -0.3 is 19.5 Å². The number of nitrogens with zero attached hydrogens (tertiary/aromatic N) is 2. The fourth-order valence-electron chi connectivity index (χ4n) is 3.26. The number of hydrogen-bond donors (Lipinski definition) is 1. The van der Waals surface area contributed by atoms with Gasteiger partial charge in [0.15, 0.2) is 0 Å². The molecule has 0 aliphatic carbocycles. The summed E-state index contributed by atoms with van der Waals surface area (Å²) in [6, 6.07) is 5.72. The largest absolute Gasteiger partial charge is 0.497 e. The Kier molecular flexibility index (Phi) is 6.87. The van der Waals surface area contributed by atoms with Gasteiger partial charge in [-0.2, -0.15) is 0 Å². The second kappa shape index (κ2) is 8.89. The maximum atomic E-state index is 12.8. The van der Waals surface area contributed by atoms with Crippen molar-refractivity contribution in [2.24, 2.45) is 0 Å². The minimum absolute atomic E-state index is 0.00961. The van der Waals surface area contributed by atoms with Crippen LogP contribution in [0.2, 0.25) is 0 Å². The van der Waals surface area contributed by atoms with Crippen LogP contribution in [0.4, 0.5) is 0 Å². The van der Waals surface area contributed by atoms with Gasteiger partial charge in [-0.3, -0.25) is 9.69 Å². The molecule has 1 unspecified atom stereocenters. The summed E-state index contributed by atoms with van der Waals surface area (Å²) in [6.45, 7) is 4.40. The Balaban J connectivity index is 2.19. The van der Waals surface area contributed by atoms with Crippen molar-refractivity contribution in [3.8, 4) is 11.5 Å². The lowest BCUT2D eigenvalue weighted by Crippen LogP contribution is -2.41. The molecule has 134 valence electrons. The molecule has 1 fully saturated rings. The van der Waals surface area contributed by atoms with Gasteiger partial charge >= 0.3 is 0 Å². The molecule has 1 N–H and O–H groups in total. The van der Waals surface area contributed by atoms with E-state index >= 15 is 0 Å². The highest BCUT2D eigenvalue weighted by molar-refractivity contribution is 5.79. The van der Waals surface area contributed by atoms with Gasteiger partial charge in [0, 0.05) is 18.7 Å². The lowest BCUT2D eigenvalue weighted by atomic mass is 10.0. The highest BCUT2D eigenvalue weighted by Crippen LogP contribution is 2.38. The third-order valence-electron chi connectivity index (χ3n) is 4.59. The molecule has 6 heteroatoms. The Labute approximate surface area is 144 Å². The van der Waals surface area contributed by atoms with E-state index in [1.54, 1.807) is 14.2 Å². The summed E-state index contributed by atoms with van der Waals surface area (Å²) in [5, 5.41) is 9.10. The number of carbonyl (C=O) groups is 1. The third-order valence-corrected chi connectivity index (χ3v) is 4.59. The minimum Gasteiger partial charge on any atom is -0.497 e. The molecule has 1 aliphatic heterocycles. The fourth-order valence-corrected chi connectivity index (χ4v) is 3.26. The number of amides is 1. The van der Waals surface area contributed by atoms with Crippen LogP contribution >= 0.6 is 0 Å². The monoisotopic (exact) mass is 336 g/mol. The van der Waals surface area contributed by atoms with E-state index in [1.807, 2.05) is 34.9 Å². The molecule has 1 amide bonds. The van der Waals surface area contributed by atoms with Crippen molar-refractivity contribution in [1.29, 1.82) is 0 Å². The van der Waals surface area contributed by atoms with Crippen molar-refractivity contribution >= 4 is 5.91 Å². The molecule has 1 aliphatic rings. The van der Waals surface area contributed by atoms with Crippen molar-refractivity contribution in [2.45, 2.75) is 25.8 Å². The van der Waals surface area contributed by atoms with Gasteiger partial charge in [-0.05, 0) is 37.6 Å². The summed E-state index contributed by atoms with van der Waals surface area (Å²) >= 11 is 0. The van der Waals surface area contributed by atoms with E-state index in [-0.39, 0.29) is 18.6 Å². The molecule has 1 atom stereocenters. The van der Waals surface area contributed by atoms with Crippen LogP contribution in [0.25, 0.3) is 0 Å². The molecule has 1 aromatic rings. The van der Waals surface area contributed by atoms with Crippen LogP contribution in [0.3, 0.4) is 0 Å². The first-order chi connectivity index (χ1) is 11.6. The van der Waals surface area contributed by atoms with Crippen LogP contribution in [0.5, 0.6) is 11.5 Å². The van der Waals surface area contributed by atoms with Crippen molar-refractivity contribution in [2.75, 3.05) is 47.0 Å². The Morgan fingerprint density at radius 1 is 1.38 bits per heavy atom. The number of rotatable bonds is 8. The van der Waals surface area contributed by atoms with Gasteiger partial charge in [0.05, 0.1) is 33.4 Å². The van der Waals surface area contributed by atoms with Gasteiger partial charge in [0.2, 0.25) is 5.91 Å². The smallest absolute Gasteiger partial charge is 0.237 e. The molecule has 2 rings (SSSR count). The van der Waals surface area contributed by atoms with Crippen LogP contribution in [0.1, 0.15) is 31.4 Å². The van der Waals surface area contributed by atoms with Crippen LogP contribution in [0.15, 0.2) is 18.2 Å². The molecule has 1 heterocycles. The van der Waals surface area contributed by atoms with E-state index in [2.05, 4.69) is 0 Å². The molecular formula is C18H28N2O4. The van der Waals surface area contributed by atoms with Crippen molar-refractivity contribution in [3.63, 3.8) is 0 Å². The van der Waals surface area contributed by atoms with E-state index in [0.29, 0.717) is 13.1 Å². The molecule has 24 heavy (non-hydrogen) atoms. The Morgan fingerprint density at radius 2 is 2.17 bits per heavy atom. The first-order valence-corrected chi connectivity index (χ1v) is 8.49. The average molecular weight is 336 g/mol. The number of aliphatic hydroxyl groups excluding tert-OH is 1. The van der Waals surface area contributed by atoms with Crippen LogP contribution in [-0.2, 0) is 4.79 Å². The van der Waals surface area contributed by atoms with Gasteiger partial charge in [0.1, 0.15) is 11.5 Å². The van der Waals surface area contributed by atoms with Gasteiger partial charge in [0.25, 0.3) is 0 Å². The molecule has 0 aromatic heterocycles. The van der Waals surface area contributed by atoms with Crippen LogP contribution in [-0.4, -0.2) is 67.8 Å². The molecule has 1 saturated heterocycles. The predicted molar refractivity (Wildman–Crippen MR) is 92.4 cm³/mol. The number of methoxy groups -OCH3 is 2. The normalized spacial score (nSPS) is 17.4. The lowest BCUT2D eigenvalue weighted by molar-refractivity contribution is -0.133. The zero-order chi connectivity index (χ0) is 17.5. The zero-order valence-electron chi connectivity index (χ0n) is 14.8. The highest BCUT2D eigenvalue weighted by atomic mass is 16.5. The number of hydrogen-bond acceptors (Lipinski definition) is 5. The van der Waals surface area contributed by atoms with E-state index in [4.69, 9.17) is 14.6 Å². The summed E-state index contributed by atoms with van der Waals surface area (Å²) in [5.41, 5.74) is 0.993. The highest BCUT2D eigenvalue weighted by Gasteiger charge is 2.32. The van der Waals surface area contributed by atoms with Crippen molar-refractivity contribution in [3.05, 3.63) is 23.8 Å². The van der Waals surface area contributed by atoms with Crippen LogP contribution < -0.4 is 9.47 Å². The standard InChI is InChI=1S/C18H28N2O4/c1-4-19(10-11-21)13-18(22)20-9-5-6-16(20)15-12-14(23-2)7-8-17(15)24-3/h7-8,12,16,21H,4-6,9-11,13H2,1-3H3. The van der Waals surface area contributed by atoms with E-state index in [0.717, 1.165) is 43.0 Å². The Hall–Kier alpha value is -1.79. The van der Waals surface area contributed by atoms with Gasteiger partial charge in [-0.25, -0.2) is 0 Å². The molecule has 0 saturated carbocycles. The molecule has 0 spiro atoms. The van der Waals surface area contributed by atoms with Crippen LogP contribution in [0, 0.1) is 0 Å². The number of ether oxygens (including phenoxy) is 2. The second-order valence-corrected chi connectivity index (χ2v) is 5.95. The second-order valence-electron chi connectivity index (χ2n) is 5.95. The van der Waals surface area contributed by atoms with E-state index in [1.165, 1.54) is 0 Å². The summed E-state index contributed by atoms with van der Waals surface area (Å²) in [5.74, 6) is 1.64. The van der Waals surface area contributed by atoms with Crippen molar-refractivity contribution < 1.29 is 19.4 Å². The zero-order valence-corrected chi connectivity index (χ0v) is 14.8. The fraction of sp³-hybridized carbons (Fsp3) is 0.611. The lowest BCUT2D eigenvalue weighted by Gasteiger charge is -2.29. The minimum atomic E-state index is 0.00961. The first-order valence-electron chi connectivity index (χ1n) is 8.49. The molecule has 0 bridgehead atoms. The topological polar surface area (TPSA) is 62.2 Å². The summed E-state index contributed by atoms with van der Waals surface area (Å²) in [6.07, 6.45) is 1.89. The first kappa shape index (κ1) is 18.5. The number of benzene rings is 1. The van der Waals surface area contributed by atoms with Gasteiger partial charge in [-0.1, -0.05) is 6.92 Å². The maximum Gasteiger partial charge on any atom is 0.237 e. The molecule has 6 nitrogen and oxygen atoms in total. The maximum absolute atomic E-state index is 12.8. The van der Waals surface area contributed by atoms with Crippen molar-refractivity contribution in [1.82, 2.24) is 9.80 Å². The summed E-state index contributed by atoms with van der Waals surface area (Å²) in [7, 11) is 3.28. The summed E-state index contributed by atoms with van der Waals surface area (Å²) in [4.78, 5) is 16.6.